The van der Waals surface area contributed by atoms with E-state index in [0.717, 1.165) is 36.1 Å². The summed E-state index contributed by atoms with van der Waals surface area (Å²) in [5.74, 6) is 0.779. The molecule has 0 aliphatic carbocycles. The number of aromatic nitrogens is 4. The maximum Gasteiger partial charge on any atom is 0.271 e. The van der Waals surface area contributed by atoms with E-state index in [1.807, 2.05) is 24.3 Å². The van der Waals surface area contributed by atoms with Crippen molar-refractivity contribution in [3.8, 4) is 0 Å². The number of fused-ring (bicyclic) bond motifs is 1. The summed E-state index contributed by atoms with van der Waals surface area (Å²) in [5, 5.41) is 5.92. The molecule has 2 amide bonds. The van der Waals surface area contributed by atoms with Crippen molar-refractivity contribution in [3.63, 3.8) is 0 Å². The molecule has 8 nitrogen and oxygen atoms in total. The Morgan fingerprint density at radius 2 is 1.93 bits per heavy atom. The fourth-order valence-electron chi connectivity index (χ4n) is 3.21. The molecule has 1 atom stereocenters. The van der Waals surface area contributed by atoms with Gasteiger partial charge >= 0.3 is 0 Å². The third-order valence-corrected chi connectivity index (χ3v) is 4.85. The van der Waals surface area contributed by atoms with E-state index in [2.05, 4.69) is 44.4 Å². The lowest BCUT2D eigenvalue weighted by molar-refractivity contribution is -0.122. The predicted molar refractivity (Wildman–Crippen MR) is 115 cm³/mol. The number of nitrogens with zero attached hydrogens (tertiary/aromatic N) is 3. The van der Waals surface area contributed by atoms with E-state index in [1.54, 1.807) is 0 Å². The highest BCUT2D eigenvalue weighted by molar-refractivity contribution is 5.91. The zero-order valence-corrected chi connectivity index (χ0v) is 17.4. The van der Waals surface area contributed by atoms with E-state index in [4.69, 9.17) is 0 Å². The monoisotopic (exact) mass is 408 g/mol. The van der Waals surface area contributed by atoms with Gasteiger partial charge in [0.15, 0.2) is 0 Å². The second kappa shape index (κ2) is 10.5. The smallest absolute Gasteiger partial charge is 0.271 e. The van der Waals surface area contributed by atoms with E-state index in [-0.39, 0.29) is 23.8 Å². The van der Waals surface area contributed by atoms with Gasteiger partial charge in [0.05, 0.1) is 23.3 Å². The second-order valence-corrected chi connectivity index (χ2v) is 7.59. The number of carbonyl (C=O) groups is 2. The molecule has 2 aromatic heterocycles. The number of carbonyl (C=O) groups excluding carboxylic acids is 2. The van der Waals surface area contributed by atoms with Crippen molar-refractivity contribution in [1.29, 1.82) is 0 Å². The molecule has 3 N–H and O–H groups in total. The molecule has 0 aliphatic rings. The summed E-state index contributed by atoms with van der Waals surface area (Å²) < 4.78 is 0. The fourth-order valence-corrected chi connectivity index (χ4v) is 3.21. The summed E-state index contributed by atoms with van der Waals surface area (Å²) >= 11 is 0. The molecule has 0 radical (unpaired) electrons. The molecule has 2 heterocycles. The van der Waals surface area contributed by atoms with Crippen LogP contribution in [0.15, 0.2) is 42.9 Å². The number of H-pyrrole nitrogens is 1. The number of para-hydroxylation sites is 2. The van der Waals surface area contributed by atoms with Gasteiger partial charge in [-0.25, -0.2) is 9.97 Å². The number of rotatable bonds is 10. The molecular weight excluding hydrogens is 380 g/mol. The Kier molecular flexibility index (Phi) is 7.48. The minimum Gasteiger partial charge on any atom is -0.351 e. The van der Waals surface area contributed by atoms with Gasteiger partial charge in [-0.15, -0.1) is 0 Å². The first-order valence-electron chi connectivity index (χ1n) is 10.3. The zero-order valence-electron chi connectivity index (χ0n) is 17.4. The van der Waals surface area contributed by atoms with Crippen LogP contribution in [0.4, 0.5) is 0 Å². The molecule has 8 heteroatoms. The van der Waals surface area contributed by atoms with Crippen molar-refractivity contribution in [2.75, 3.05) is 6.54 Å². The predicted octanol–water partition coefficient (Wildman–Crippen LogP) is 3.16. The van der Waals surface area contributed by atoms with Crippen molar-refractivity contribution in [1.82, 2.24) is 30.6 Å². The van der Waals surface area contributed by atoms with Crippen LogP contribution in [-0.4, -0.2) is 38.3 Å². The quantitative estimate of drug-likeness (QED) is 0.446. The van der Waals surface area contributed by atoms with Crippen LogP contribution in [0.5, 0.6) is 0 Å². The molecule has 0 bridgehead atoms. The zero-order chi connectivity index (χ0) is 21.3. The number of aromatic amines is 1. The molecule has 3 rings (SSSR count). The van der Waals surface area contributed by atoms with Crippen LogP contribution in [0, 0.1) is 5.92 Å². The summed E-state index contributed by atoms with van der Waals surface area (Å²) in [7, 11) is 0. The molecule has 0 fully saturated rings. The van der Waals surface area contributed by atoms with Crippen LogP contribution in [0.3, 0.4) is 0 Å². The van der Waals surface area contributed by atoms with Gasteiger partial charge in [0, 0.05) is 25.4 Å². The van der Waals surface area contributed by atoms with Gasteiger partial charge in [-0.3, -0.25) is 14.6 Å². The van der Waals surface area contributed by atoms with Crippen LogP contribution in [0.1, 0.15) is 61.9 Å². The SMILES string of the molecule is CC(C)C(NC(=O)CCCCCNC(=O)c1cnccn1)c1nc2ccccc2[nH]1. The first-order valence-corrected chi connectivity index (χ1v) is 10.3. The highest BCUT2D eigenvalue weighted by Crippen LogP contribution is 2.22. The van der Waals surface area contributed by atoms with E-state index < -0.39 is 0 Å². The highest BCUT2D eigenvalue weighted by atomic mass is 16.2. The summed E-state index contributed by atoms with van der Waals surface area (Å²) in [6.45, 7) is 4.68. The Bertz CT molecular complexity index is 937. The Labute approximate surface area is 175 Å². The first-order chi connectivity index (χ1) is 14.5. The number of nitrogens with one attached hydrogen (secondary N) is 3. The fraction of sp³-hybridized carbons (Fsp3) is 0.409. The van der Waals surface area contributed by atoms with Crippen molar-refractivity contribution in [3.05, 3.63) is 54.4 Å². The van der Waals surface area contributed by atoms with E-state index in [0.29, 0.717) is 18.7 Å². The first kappa shape index (κ1) is 21.4. The van der Waals surface area contributed by atoms with Crippen LogP contribution in [0.25, 0.3) is 11.0 Å². The maximum absolute atomic E-state index is 12.4. The number of hydrogen-bond donors (Lipinski definition) is 3. The maximum atomic E-state index is 12.4. The standard InChI is InChI=1S/C22H28N6O2/c1-15(2)20(21-26-16-8-5-6-9-17(16)27-21)28-19(29)10-4-3-7-11-25-22(30)18-14-23-12-13-24-18/h5-6,8-9,12-15,20H,3-4,7,10-11H2,1-2H3,(H,25,30)(H,26,27)(H,28,29). The Hall–Kier alpha value is -3.29. The lowest BCUT2D eigenvalue weighted by atomic mass is 10.0. The molecule has 0 aliphatic heterocycles. The number of imidazole rings is 1. The molecule has 0 spiro atoms. The van der Waals surface area contributed by atoms with Crippen molar-refractivity contribution < 1.29 is 9.59 Å². The molecule has 0 saturated heterocycles. The minimum absolute atomic E-state index is 0.0118. The summed E-state index contributed by atoms with van der Waals surface area (Å²) in [5.41, 5.74) is 2.18. The topological polar surface area (TPSA) is 113 Å². The third kappa shape index (κ3) is 5.85. The molecule has 3 aromatic rings. The van der Waals surface area contributed by atoms with Gasteiger partial charge in [-0.1, -0.05) is 32.4 Å². The molecule has 30 heavy (non-hydrogen) atoms. The van der Waals surface area contributed by atoms with Crippen molar-refractivity contribution in [2.45, 2.75) is 45.6 Å². The number of hydrogen-bond acceptors (Lipinski definition) is 5. The van der Waals surface area contributed by atoms with Crippen molar-refractivity contribution in [2.24, 2.45) is 5.92 Å². The van der Waals surface area contributed by atoms with Crippen LogP contribution in [0.2, 0.25) is 0 Å². The van der Waals surface area contributed by atoms with E-state index >= 15 is 0 Å². The number of benzene rings is 1. The average molecular weight is 409 g/mol. The molecular formula is C22H28N6O2. The Morgan fingerprint density at radius 1 is 1.10 bits per heavy atom. The lowest BCUT2D eigenvalue weighted by Gasteiger charge is -2.20. The van der Waals surface area contributed by atoms with Crippen molar-refractivity contribution >= 4 is 22.8 Å². The van der Waals surface area contributed by atoms with Gasteiger partial charge < -0.3 is 15.6 Å². The number of amides is 2. The highest BCUT2D eigenvalue weighted by Gasteiger charge is 2.21. The molecule has 1 unspecified atom stereocenters. The molecule has 0 saturated carbocycles. The Morgan fingerprint density at radius 3 is 2.67 bits per heavy atom. The van der Waals surface area contributed by atoms with Gasteiger partial charge in [0.25, 0.3) is 5.91 Å². The van der Waals surface area contributed by atoms with Gasteiger partial charge in [0.1, 0.15) is 11.5 Å². The van der Waals surface area contributed by atoms with Gasteiger partial charge in [-0.05, 0) is 30.9 Å². The largest absolute Gasteiger partial charge is 0.351 e. The second-order valence-electron chi connectivity index (χ2n) is 7.59. The minimum atomic E-state index is -0.230. The van der Waals surface area contributed by atoms with Gasteiger partial charge in [-0.2, -0.15) is 0 Å². The van der Waals surface area contributed by atoms with Gasteiger partial charge in [0.2, 0.25) is 5.91 Å². The Balaban J connectivity index is 1.39. The summed E-state index contributed by atoms with van der Waals surface area (Å²) in [6.07, 6.45) is 7.32. The molecule has 1 aromatic carbocycles. The average Bonchev–Trinajstić information content (AvgIpc) is 3.18. The number of unbranched alkanes of at least 4 members (excludes halogenated alkanes) is 2. The van der Waals surface area contributed by atoms with Crippen LogP contribution in [-0.2, 0) is 4.79 Å². The van der Waals surface area contributed by atoms with E-state index in [9.17, 15) is 9.59 Å². The normalized spacial score (nSPS) is 12.1. The summed E-state index contributed by atoms with van der Waals surface area (Å²) in [6, 6.07) is 7.69. The molecule has 158 valence electrons. The van der Waals surface area contributed by atoms with Crippen LogP contribution >= 0.6 is 0 Å². The van der Waals surface area contributed by atoms with E-state index in [1.165, 1.54) is 18.6 Å². The third-order valence-electron chi connectivity index (χ3n) is 4.85. The van der Waals surface area contributed by atoms with Crippen LogP contribution < -0.4 is 10.6 Å². The summed E-state index contributed by atoms with van der Waals surface area (Å²) in [4.78, 5) is 40.1. The lowest BCUT2D eigenvalue weighted by Crippen LogP contribution is -2.32.